The minimum absolute atomic E-state index is 0.181. The second-order valence-corrected chi connectivity index (χ2v) is 31.1. The largest absolute Gasteiger partial charge is 0.310 e. The summed E-state index contributed by atoms with van der Waals surface area (Å²) < 4.78 is 6.35. The molecular formula is C92H75BN4S. The van der Waals surface area contributed by atoms with Crippen molar-refractivity contribution in [1.29, 1.82) is 0 Å². The van der Waals surface area contributed by atoms with Crippen LogP contribution in [0.4, 0.5) is 34.1 Å². The molecule has 0 fully saturated rings. The fraction of sp³-hybridized carbons (Fsp3) is 0.130. The molecular weight excluding hydrogens is 1200 g/mol. The number of hydrogen-bond donors (Lipinski definition) is 0. The van der Waals surface area contributed by atoms with Gasteiger partial charge in [-0.3, -0.25) is 0 Å². The van der Waals surface area contributed by atoms with Gasteiger partial charge in [-0.15, -0.1) is 11.3 Å². The lowest BCUT2D eigenvalue weighted by molar-refractivity contribution is 0.590. The average Bonchev–Trinajstić information content (AvgIpc) is 0.795. The number of thiophene rings is 1. The van der Waals surface area contributed by atoms with Crippen LogP contribution in [-0.2, 0) is 16.2 Å². The second-order valence-electron chi connectivity index (χ2n) is 30.1. The summed E-state index contributed by atoms with van der Waals surface area (Å²) in [6, 6.07) is 111. The van der Waals surface area contributed by atoms with Gasteiger partial charge in [0.15, 0.2) is 0 Å². The molecule has 18 rings (SSSR count). The number of aromatic nitrogens is 2. The standard InChI is InChI=1S/C92H75BN4S/c1-90(2,3)62-50-71(58-30-14-10-15-31-58)87(72(51-62)59-32-16-11-17-33-59)96-80-56-65(94-77-42-26-22-38-67(77)68-39-23-27-43-78(68)94)46-48-75(80)93-76-49-47-66(95-79-44-28-24-40-69(79)85-70-41-25-29-45-84(70)98-89(85)95)57-81(76)97(83-55-64(92(7,8)9)54-82(96)86(83)93)88-73(60-34-18-12-19-35-60)52-63(91(4,5)6)53-74(88)61-36-20-13-21-37-61/h10-57H,1-9H3. The van der Waals surface area contributed by atoms with Crippen molar-refractivity contribution in [3.63, 3.8) is 0 Å². The molecule has 0 amide bonds. The van der Waals surface area contributed by atoms with Crippen molar-refractivity contribution in [2.45, 2.75) is 78.6 Å². The summed E-state index contributed by atoms with van der Waals surface area (Å²) in [4.78, 5) is 6.71. The summed E-state index contributed by atoms with van der Waals surface area (Å²) in [6.45, 7) is 21.1. The molecule has 3 aromatic heterocycles. The summed E-state index contributed by atoms with van der Waals surface area (Å²) in [5, 5.41) is 6.32. The zero-order chi connectivity index (χ0) is 66.5. The molecule has 6 heteroatoms. The van der Waals surface area contributed by atoms with Crippen LogP contribution in [-0.4, -0.2) is 15.8 Å². The number of fused-ring (bicyclic) bond motifs is 12. The first-order valence-electron chi connectivity index (χ1n) is 34.6. The number of rotatable bonds is 8. The van der Waals surface area contributed by atoms with Crippen LogP contribution in [0.15, 0.2) is 291 Å². The Morgan fingerprint density at radius 3 is 1.04 bits per heavy atom. The zero-order valence-electron chi connectivity index (χ0n) is 57.0. The summed E-state index contributed by atoms with van der Waals surface area (Å²) in [6.07, 6.45) is 0. The first kappa shape index (κ1) is 59.6. The van der Waals surface area contributed by atoms with Crippen LogP contribution in [0, 0.1) is 0 Å². The summed E-state index contributed by atoms with van der Waals surface area (Å²) in [7, 11) is 0. The van der Waals surface area contributed by atoms with Crippen molar-refractivity contribution in [3.05, 3.63) is 308 Å². The molecule has 98 heavy (non-hydrogen) atoms. The van der Waals surface area contributed by atoms with E-state index >= 15 is 0 Å². The third-order valence-electron chi connectivity index (χ3n) is 20.9. The van der Waals surface area contributed by atoms with Crippen molar-refractivity contribution in [2.75, 3.05) is 9.80 Å². The van der Waals surface area contributed by atoms with Gasteiger partial charge in [-0.1, -0.05) is 269 Å². The molecule has 0 bridgehead atoms. The Hall–Kier alpha value is -10.9. The van der Waals surface area contributed by atoms with Crippen LogP contribution in [0.5, 0.6) is 0 Å². The highest BCUT2D eigenvalue weighted by Crippen LogP contribution is 2.56. The van der Waals surface area contributed by atoms with Crippen LogP contribution < -0.4 is 26.2 Å². The molecule has 0 aliphatic carbocycles. The van der Waals surface area contributed by atoms with E-state index in [1.807, 2.05) is 11.3 Å². The zero-order valence-corrected chi connectivity index (χ0v) is 57.8. The Balaban J connectivity index is 1.04. The van der Waals surface area contributed by atoms with Gasteiger partial charge in [-0.25, -0.2) is 0 Å². The van der Waals surface area contributed by atoms with Gasteiger partial charge in [-0.05, 0) is 157 Å². The van der Waals surface area contributed by atoms with E-state index in [0.717, 1.165) is 45.3 Å². The molecule has 2 aliphatic rings. The molecule has 0 radical (unpaired) electrons. The van der Waals surface area contributed by atoms with Crippen LogP contribution in [0.3, 0.4) is 0 Å². The molecule has 4 nitrogen and oxygen atoms in total. The molecule has 2 aliphatic heterocycles. The van der Waals surface area contributed by atoms with Crippen molar-refractivity contribution >= 4 is 122 Å². The van der Waals surface area contributed by atoms with Crippen molar-refractivity contribution in [2.24, 2.45) is 0 Å². The predicted octanol–water partition coefficient (Wildman–Crippen LogP) is 23.7. The van der Waals surface area contributed by atoms with Crippen molar-refractivity contribution < 1.29 is 0 Å². The maximum Gasteiger partial charge on any atom is 0.252 e. The Bertz CT molecular complexity index is 5700. The number of benzene rings is 13. The van der Waals surface area contributed by atoms with Gasteiger partial charge in [0.25, 0.3) is 6.71 Å². The first-order valence-corrected chi connectivity index (χ1v) is 35.4. The van der Waals surface area contributed by atoms with Crippen LogP contribution >= 0.6 is 11.3 Å². The highest BCUT2D eigenvalue weighted by molar-refractivity contribution is 7.25. The fourth-order valence-electron chi connectivity index (χ4n) is 16.0. The van der Waals surface area contributed by atoms with Gasteiger partial charge in [0.1, 0.15) is 4.83 Å². The predicted molar refractivity (Wildman–Crippen MR) is 422 cm³/mol. The Labute approximate surface area is 579 Å². The minimum atomic E-state index is -0.316. The number of para-hydroxylation sites is 3. The van der Waals surface area contributed by atoms with Crippen LogP contribution in [0.25, 0.3) is 109 Å². The van der Waals surface area contributed by atoms with Gasteiger partial charge >= 0.3 is 0 Å². The van der Waals surface area contributed by atoms with E-state index in [4.69, 9.17) is 0 Å². The molecule has 5 heterocycles. The quantitative estimate of drug-likeness (QED) is 0.141. The van der Waals surface area contributed by atoms with Gasteiger partial charge in [0, 0.05) is 88.0 Å². The van der Waals surface area contributed by atoms with Gasteiger partial charge in [0.05, 0.1) is 27.9 Å². The number of hydrogen-bond acceptors (Lipinski definition) is 3. The summed E-state index contributed by atoms with van der Waals surface area (Å²) in [5.41, 5.74) is 28.9. The monoisotopic (exact) mass is 1280 g/mol. The van der Waals surface area contributed by atoms with E-state index in [9.17, 15) is 0 Å². The third-order valence-corrected chi connectivity index (χ3v) is 22.1. The lowest BCUT2D eigenvalue weighted by Gasteiger charge is -2.47. The fourth-order valence-corrected chi connectivity index (χ4v) is 17.3. The highest BCUT2D eigenvalue weighted by atomic mass is 32.1. The van der Waals surface area contributed by atoms with E-state index in [-0.39, 0.29) is 23.0 Å². The molecule has 0 unspecified atom stereocenters. The van der Waals surface area contributed by atoms with E-state index in [2.05, 4.69) is 372 Å². The number of nitrogens with zero attached hydrogens (tertiary/aromatic N) is 4. The van der Waals surface area contributed by atoms with E-state index < -0.39 is 0 Å². The SMILES string of the molecule is CC(C)(C)c1cc(-c2ccccc2)c(N2c3cc(-n4c5ccccc5c5ccccc54)ccc3B3c4ccc(-n5c6ccccc6c6c7ccccc7sc65)cc4N(c4c(-c5ccccc5)cc(C(C)(C)C)cc4-c4ccccc4)c4cc(C(C)(C)C)cc2c43)c(-c2ccccc2)c1. The molecule has 0 saturated heterocycles. The van der Waals surface area contributed by atoms with E-state index in [1.54, 1.807) is 0 Å². The van der Waals surface area contributed by atoms with Gasteiger partial charge < -0.3 is 18.9 Å². The first-order chi connectivity index (χ1) is 47.5. The Kier molecular flexibility index (Phi) is 13.6. The lowest BCUT2D eigenvalue weighted by atomic mass is 9.33. The molecule has 13 aromatic carbocycles. The topological polar surface area (TPSA) is 16.3 Å². The van der Waals surface area contributed by atoms with E-state index in [0.29, 0.717) is 0 Å². The lowest BCUT2D eigenvalue weighted by Crippen LogP contribution is -2.61. The molecule has 0 saturated carbocycles. The smallest absolute Gasteiger partial charge is 0.252 e. The molecule has 0 atom stereocenters. The molecule has 0 N–H and O–H groups in total. The van der Waals surface area contributed by atoms with Gasteiger partial charge in [0.2, 0.25) is 0 Å². The van der Waals surface area contributed by atoms with Crippen LogP contribution in [0.1, 0.15) is 79.0 Å². The molecule has 0 spiro atoms. The number of anilines is 6. The summed E-state index contributed by atoms with van der Waals surface area (Å²) >= 11 is 1.89. The second kappa shape index (κ2) is 22.3. The average molecular weight is 1280 g/mol. The Morgan fingerprint density at radius 1 is 0.296 bits per heavy atom. The summed E-state index contributed by atoms with van der Waals surface area (Å²) in [5.74, 6) is 0. The van der Waals surface area contributed by atoms with E-state index in [1.165, 1.54) is 131 Å². The van der Waals surface area contributed by atoms with Crippen molar-refractivity contribution in [1.82, 2.24) is 9.13 Å². The minimum Gasteiger partial charge on any atom is -0.310 e. The van der Waals surface area contributed by atoms with Gasteiger partial charge in [-0.2, -0.15) is 0 Å². The third kappa shape index (κ3) is 9.39. The highest BCUT2D eigenvalue weighted by Gasteiger charge is 2.47. The molecule has 16 aromatic rings. The maximum absolute atomic E-state index is 2.74. The van der Waals surface area contributed by atoms with Crippen LogP contribution in [0.2, 0.25) is 0 Å². The molecule has 472 valence electrons. The maximum atomic E-state index is 2.74. The normalized spacial score (nSPS) is 13.1. The Morgan fingerprint density at radius 2 is 0.633 bits per heavy atom. The van der Waals surface area contributed by atoms with Crippen molar-refractivity contribution in [3.8, 4) is 55.9 Å².